The molecular weight excluding hydrogens is 809 g/mol. The Morgan fingerprint density at radius 1 is 0.500 bits per heavy atom. The van der Waals surface area contributed by atoms with Crippen molar-refractivity contribution >= 4 is 66.0 Å². The Labute approximate surface area is 380 Å². The van der Waals surface area contributed by atoms with Crippen molar-refractivity contribution in [1.82, 2.24) is 29.1 Å². The van der Waals surface area contributed by atoms with Crippen LogP contribution in [0, 0.1) is 0 Å². The zero-order valence-corrected chi connectivity index (χ0v) is 36.0. The fraction of sp³-hybridized carbons (Fsp3) is 0.0169. The molecule has 0 atom stereocenters. The van der Waals surface area contributed by atoms with Crippen LogP contribution in [-0.4, -0.2) is 29.1 Å². The van der Waals surface area contributed by atoms with E-state index in [0.29, 0.717) is 23.5 Å². The number of fused-ring (bicyclic) bond motifs is 8. The fourth-order valence-electron chi connectivity index (χ4n) is 9.24. The molecule has 0 saturated carbocycles. The van der Waals surface area contributed by atoms with E-state index >= 15 is 0 Å². The summed E-state index contributed by atoms with van der Waals surface area (Å²) in [5.74, 6) is 2.35. The summed E-state index contributed by atoms with van der Waals surface area (Å²) in [6, 6.07) is 66.5. The summed E-state index contributed by atoms with van der Waals surface area (Å²) >= 11 is 0. The molecule has 0 saturated heterocycles. The van der Waals surface area contributed by atoms with E-state index in [2.05, 4.69) is 132 Å². The van der Waals surface area contributed by atoms with Gasteiger partial charge < -0.3 is 8.98 Å². The van der Waals surface area contributed by atoms with Crippen molar-refractivity contribution in [1.29, 1.82) is 0 Å². The van der Waals surface area contributed by atoms with Crippen LogP contribution >= 0.6 is 0 Å². The van der Waals surface area contributed by atoms with Crippen LogP contribution in [0.2, 0.25) is 0 Å². The second-order valence-corrected chi connectivity index (χ2v) is 16.3. The van der Waals surface area contributed by atoms with Crippen molar-refractivity contribution in [3.63, 3.8) is 0 Å². The molecule has 0 bridgehead atoms. The van der Waals surface area contributed by atoms with E-state index in [1.54, 1.807) is 0 Å². The summed E-state index contributed by atoms with van der Waals surface area (Å²) in [5, 5.41) is 4.45. The summed E-state index contributed by atoms with van der Waals surface area (Å²) in [6.07, 6.45) is 6.43. The van der Waals surface area contributed by atoms with Gasteiger partial charge in [-0.3, -0.25) is 4.57 Å². The van der Waals surface area contributed by atoms with E-state index < -0.39 is 0 Å². The highest BCUT2D eigenvalue weighted by Crippen LogP contribution is 2.42. The number of rotatable bonds is 9. The Hall–Kier alpha value is -8.94. The Balaban J connectivity index is 1.04. The molecule has 66 heavy (non-hydrogen) atoms. The molecule has 312 valence electrons. The SMILES string of the molecule is C=C(/C=C(\C=C/C)n1c2ccccc2c2ccc3c4ccccc4n(-c4nc(-c5ccccc5)nc(-c5ccccc5)n4)c3c21)c1ccc(-c2cccc3nc(-c4ccccc4)oc23)cc1. The third-order valence-electron chi connectivity index (χ3n) is 12.3. The number of hydrogen-bond donors (Lipinski definition) is 0. The molecule has 7 heteroatoms. The number of allylic oxidation sites excluding steroid dienone is 5. The minimum absolute atomic E-state index is 0.539. The van der Waals surface area contributed by atoms with Gasteiger partial charge in [0.15, 0.2) is 17.2 Å². The van der Waals surface area contributed by atoms with E-state index in [4.69, 9.17) is 24.4 Å². The summed E-state index contributed by atoms with van der Waals surface area (Å²) in [7, 11) is 0. The molecule has 0 N–H and O–H groups in total. The molecule has 8 aromatic carbocycles. The molecule has 0 aliphatic rings. The minimum atomic E-state index is 0.539. The molecule has 4 aromatic heterocycles. The van der Waals surface area contributed by atoms with Crippen LogP contribution in [0.15, 0.2) is 223 Å². The summed E-state index contributed by atoms with van der Waals surface area (Å²) in [6.45, 7) is 6.72. The zero-order chi connectivity index (χ0) is 44.1. The number of oxazole rings is 1. The Bertz CT molecular complexity index is 3820. The van der Waals surface area contributed by atoms with Gasteiger partial charge in [0.05, 0.1) is 22.1 Å². The first-order valence-corrected chi connectivity index (χ1v) is 22.0. The van der Waals surface area contributed by atoms with Crippen LogP contribution < -0.4 is 0 Å². The third kappa shape index (κ3) is 6.52. The van der Waals surface area contributed by atoms with Crippen molar-refractivity contribution < 1.29 is 4.42 Å². The molecule has 0 amide bonds. The lowest BCUT2D eigenvalue weighted by Gasteiger charge is -2.14. The summed E-state index contributed by atoms with van der Waals surface area (Å²) in [4.78, 5) is 20.4. The monoisotopic (exact) mass is 848 g/mol. The summed E-state index contributed by atoms with van der Waals surface area (Å²) in [5.41, 5.74) is 13.3. The van der Waals surface area contributed by atoms with Gasteiger partial charge in [0.2, 0.25) is 11.8 Å². The molecule has 0 aliphatic carbocycles. The largest absolute Gasteiger partial charge is 0.435 e. The highest BCUT2D eigenvalue weighted by Gasteiger charge is 2.24. The second-order valence-electron chi connectivity index (χ2n) is 16.3. The molecule has 0 fully saturated rings. The number of benzene rings is 8. The first-order chi connectivity index (χ1) is 32.6. The topological polar surface area (TPSA) is 74.6 Å². The highest BCUT2D eigenvalue weighted by atomic mass is 16.3. The van der Waals surface area contributed by atoms with Crippen LogP contribution in [-0.2, 0) is 0 Å². The van der Waals surface area contributed by atoms with Gasteiger partial charge in [-0.2, -0.15) is 9.97 Å². The van der Waals surface area contributed by atoms with Crippen molar-refractivity contribution in [3.8, 4) is 51.3 Å². The Morgan fingerprint density at radius 2 is 1.08 bits per heavy atom. The molecule has 12 aromatic rings. The van der Waals surface area contributed by atoms with Gasteiger partial charge in [-0.05, 0) is 66.1 Å². The van der Waals surface area contributed by atoms with E-state index in [0.717, 1.165) is 99.4 Å². The van der Waals surface area contributed by atoms with Crippen molar-refractivity contribution in [2.24, 2.45) is 0 Å². The van der Waals surface area contributed by atoms with Crippen LogP contribution in [0.3, 0.4) is 0 Å². The lowest BCUT2D eigenvalue weighted by Crippen LogP contribution is -2.07. The normalized spacial score (nSPS) is 12.1. The molecular formula is C59H40N6O. The van der Waals surface area contributed by atoms with Gasteiger partial charge in [-0.25, -0.2) is 9.97 Å². The first-order valence-electron chi connectivity index (χ1n) is 22.0. The molecule has 0 spiro atoms. The van der Waals surface area contributed by atoms with E-state index in [9.17, 15) is 0 Å². The fourth-order valence-corrected chi connectivity index (χ4v) is 9.24. The number of aromatic nitrogens is 6. The van der Waals surface area contributed by atoms with Crippen LogP contribution in [0.25, 0.3) is 117 Å². The van der Waals surface area contributed by atoms with Gasteiger partial charge in [-0.15, -0.1) is 0 Å². The van der Waals surface area contributed by atoms with E-state index in [1.165, 1.54) is 0 Å². The maximum atomic E-state index is 6.39. The lowest BCUT2D eigenvalue weighted by atomic mass is 10.00. The Morgan fingerprint density at radius 3 is 1.73 bits per heavy atom. The van der Waals surface area contributed by atoms with Gasteiger partial charge in [0.25, 0.3) is 0 Å². The first kappa shape index (κ1) is 38.7. The number of para-hydroxylation sites is 3. The summed E-state index contributed by atoms with van der Waals surface area (Å²) < 4.78 is 11.0. The van der Waals surface area contributed by atoms with E-state index in [1.807, 2.05) is 103 Å². The quantitative estimate of drug-likeness (QED) is 0.135. The van der Waals surface area contributed by atoms with Gasteiger partial charge in [0, 0.05) is 49.5 Å². The second kappa shape index (κ2) is 16.0. The third-order valence-corrected chi connectivity index (χ3v) is 12.3. The van der Waals surface area contributed by atoms with Crippen molar-refractivity contribution in [2.75, 3.05) is 0 Å². The standard InChI is InChI=1S/C59H40N6O/c1-3-18-44(37-38(2)39-31-33-40(34-32-39)45-27-17-28-50-55(45)66-58(60-50)43-23-11-6-12-24-43)64-51-29-15-13-25-46(51)48-35-36-49-47-26-14-16-30-52(47)65(54(49)53(48)64)59-62-56(41-19-7-4-8-20-41)61-57(63-59)42-21-9-5-10-22-42/h3-37H,2H2,1H3/b18-3-,44-37+. The van der Waals surface area contributed by atoms with Gasteiger partial charge in [0.1, 0.15) is 5.52 Å². The van der Waals surface area contributed by atoms with Crippen molar-refractivity contribution in [2.45, 2.75) is 6.92 Å². The molecule has 0 aliphatic heterocycles. The smallest absolute Gasteiger partial charge is 0.238 e. The number of nitrogens with zero attached hydrogens (tertiary/aromatic N) is 6. The number of hydrogen-bond acceptors (Lipinski definition) is 5. The lowest BCUT2D eigenvalue weighted by molar-refractivity contribution is 0.621. The van der Waals surface area contributed by atoms with Gasteiger partial charge >= 0.3 is 0 Å². The average Bonchev–Trinajstić information content (AvgIpc) is 4.08. The predicted octanol–water partition coefficient (Wildman–Crippen LogP) is 15.0. The Kier molecular flexibility index (Phi) is 9.39. The average molecular weight is 849 g/mol. The molecule has 0 unspecified atom stereocenters. The van der Waals surface area contributed by atoms with Gasteiger partial charge in [-0.1, -0.05) is 176 Å². The molecule has 0 radical (unpaired) electrons. The van der Waals surface area contributed by atoms with Crippen LogP contribution in [0.1, 0.15) is 12.5 Å². The molecule has 12 rings (SSSR count). The maximum absolute atomic E-state index is 6.39. The molecule has 7 nitrogen and oxygen atoms in total. The van der Waals surface area contributed by atoms with E-state index in [-0.39, 0.29) is 0 Å². The van der Waals surface area contributed by atoms with Crippen LogP contribution in [0.5, 0.6) is 0 Å². The maximum Gasteiger partial charge on any atom is 0.238 e. The minimum Gasteiger partial charge on any atom is -0.435 e. The molecule has 4 heterocycles. The highest BCUT2D eigenvalue weighted by molar-refractivity contribution is 6.24. The van der Waals surface area contributed by atoms with Crippen LogP contribution in [0.4, 0.5) is 0 Å². The zero-order valence-electron chi connectivity index (χ0n) is 36.0. The predicted molar refractivity (Wildman–Crippen MR) is 271 cm³/mol. The van der Waals surface area contributed by atoms with Crippen molar-refractivity contribution in [3.05, 3.63) is 224 Å².